The second-order valence-corrected chi connectivity index (χ2v) is 6.36. The maximum Gasteiger partial charge on any atom is 0.259 e. The van der Waals surface area contributed by atoms with Crippen LogP contribution >= 0.6 is 0 Å². The van der Waals surface area contributed by atoms with Crippen LogP contribution in [0.3, 0.4) is 0 Å². The smallest absolute Gasteiger partial charge is 0.259 e. The second-order valence-electron chi connectivity index (χ2n) is 6.36. The first kappa shape index (κ1) is 17.1. The third kappa shape index (κ3) is 3.93. The van der Waals surface area contributed by atoms with Crippen molar-refractivity contribution >= 4 is 34.1 Å². The number of aromatic nitrogens is 1. The quantitative estimate of drug-likeness (QED) is 0.585. The van der Waals surface area contributed by atoms with E-state index in [0.717, 1.165) is 10.9 Å². The van der Waals surface area contributed by atoms with E-state index in [2.05, 4.69) is 15.6 Å². The first-order valence-electron chi connectivity index (χ1n) is 8.63. The molecule has 0 saturated carbocycles. The lowest BCUT2D eigenvalue weighted by Crippen LogP contribution is -2.16. The fourth-order valence-electron chi connectivity index (χ4n) is 2.85. The van der Waals surface area contributed by atoms with Crippen LogP contribution < -0.4 is 15.4 Å². The van der Waals surface area contributed by atoms with Crippen LogP contribution in [0.2, 0.25) is 0 Å². The molecule has 4 rings (SSSR count). The molecule has 2 aromatic carbocycles. The Bertz CT molecular complexity index is 1010. The fourth-order valence-corrected chi connectivity index (χ4v) is 2.85. The van der Waals surface area contributed by atoms with Gasteiger partial charge in [-0.1, -0.05) is 6.07 Å². The number of carbonyl (C=O) groups excluding carboxylic acids is 2. The van der Waals surface area contributed by atoms with E-state index in [-0.39, 0.29) is 17.9 Å². The molecule has 27 heavy (non-hydrogen) atoms. The summed E-state index contributed by atoms with van der Waals surface area (Å²) in [5.74, 6) is -0.0838. The predicted molar refractivity (Wildman–Crippen MR) is 102 cm³/mol. The number of anilines is 2. The third-order valence-electron chi connectivity index (χ3n) is 4.21. The molecule has 7 heteroatoms. The molecular formula is C20H19N3O4. The monoisotopic (exact) mass is 365 g/mol. The van der Waals surface area contributed by atoms with Crippen molar-refractivity contribution in [3.63, 3.8) is 0 Å². The van der Waals surface area contributed by atoms with E-state index in [4.69, 9.17) is 9.47 Å². The van der Waals surface area contributed by atoms with E-state index in [1.54, 1.807) is 18.2 Å². The topological polar surface area (TPSA) is 95.8 Å². The Labute approximate surface area is 155 Å². The summed E-state index contributed by atoms with van der Waals surface area (Å²) in [6.45, 7) is 2.47. The number of aromatic amines is 1. The third-order valence-corrected chi connectivity index (χ3v) is 4.21. The largest absolute Gasteiger partial charge is 0.490 e. The minimum atomic E-state index is -0.317. The number of fused-ring (bicyclic) bond motifs is 1. The highest BCUT2D eigenvalue weighted by Gasteiger charge is 2.24. The number of H-pyrrole nitrogens is 1. The molecule has 2 amide bonds. The Kier molecular flexibility index (Phi) is 4.52. The highest BCUT2D eigenvalue weighted by Crippen LogP contribution is 2.27. The van der Waals surface area contributed by atoms with Crippen molar-refractivity contribution in [3.8, 4) is 5.75 Å². The van der Waals surface area contributed by atoms with Crippen molar-refractivity contribution < 1.29 is 19.1 Å². The first-order valence-corrected chi connectivity index (χ1v) is 8.63. The SMILES string of the molecule is CC(=O)Nc1ccc(OCC2CO2)c(C(=O)Nc2cccc3[nH]ccc23)c1. The Balaban J connectivity index is 1.62. The zero-order chi connectivity index (χ0) is 18.8. The van der Waals surface area contributed by atoms with E-state index < -0.39 is 0 Å². The normalized spacial score (nSPS) is 15.4. The molecule has 2 heterocycles. The molecule has 138 valence electrons. The highest BCUT2D eigenvalue weighted by atomic mass is 16.6. The summed E-state index contributed by atoms with van der Waals surface area (Å²) >= 11 is 0. The van der Waals surface area contributed by atoms with Gasteiger partial charge in [-0.2, -0.15) is 0 Å². The molecule has 1 fully saturated rings. The lowest BCUT2D eigenvalue weighted by molar-refractivity contribution is -0.114. The minimum Gasteiger partial charge on any atom is -0.490 e. The van der Waals surface area contributed by atoms with Crippen LogP contribution in [0.1, 0.15) is 17.3 Å². The van der Waals surface area contributed by atoms with Crippen LogP contribution in [0.15, 0.2) is 48.7 Å². The molecule has 1 unspecified atom stereocenters. The summed E-state index contributed by atoms with van der Waals surface area (Å²) in [5.41, 5.74) is 2.50. The molecule has 0 aliphatic carbocycles. The lowest BCUT2D eigenvalue weighted by atomic mass is 10.1. The minimum absolute atomic E-state index is 0.0736. The molecule has 1 aliphatic rings. The van der Waals surface area contributed by atoms with E-state index in [0.29, 0.717) is 35.9 Å². The molecule has 1 aromatic heterocycles. The van der Waals surface area contributed by atoms with Crippen LogP contribution in [-0.2, 0) is 9.53 Å². The fraction of sp³-hybridized carbons (Fsp3) is 0.200. The molecule has 0 radical (unpaired) electrons. The molecule has 7 nitrogen and oxygen atoms in total. The summed E-state index contributed by atoms with van der Waals surface area (Å²) < 4.78 is 10.9. The van der Waals surface area contributed by atoms with Crippen molar-refractivity contribution in [2.24, 2.45) is 0 Å². The second kappa shape index (κ2) is 7.13. The summed E-state index contributed by atoms with van der Waals surface area (Å²) in [7, 11) is 0. The number of amides is 2. The maximum absolute atomic E-state index is 13.0. The molecule has 3 aromatic rings. The summed E-state index contributed by atoms with van der Waals surface area (Å²) in [6.07, 6.45) is 1.89. The average molecular weight is 365 g/mol. The molecule has 3 N–H and O–H groups in total. The number of hydrogen-bond acceptors (Lipinski definition) is 4. The number of nitrogens with one attached hydrogen (secondary N) is 3. The number of rotatable bonds is 6. The molecule has 1 atom stereocenters. The van der Waals surface area contributed by atoms with Crippen molar-refractivity contribution in [2.45, 2.75) is 13.0 Å². The van der Waals surface area contributed by atoms with Crippen LogP contribution in [0, 0.1) is 0 Å². The predicted octanol–water partition coefficient (Wildman–Crippen LogP) is 3.16. The van der Waals surface area contributed by atoms with Crippen LogP contribution in [0.4, 0.5) is 11.4 Å². The van der Waals surface area contributed by atoms with Gasteiger partial charge in [-0.05, 0) is 36.4 Å². The highest BCUT2D eigenvalue weighted by molar-refractivity contribution is 6.10. The molecular weight excluding hydrogens is 346 g/mol. The molecule has 1 saturated heterocycles. The Morgan fingerprint density at radius 2 is 2.07 bits per heavy atom. The summed E-state index contributed by atoms with van der Waals surface area (Å²) in [5, 5.41) is 6.53. The molecule has 0 spiro atoms. The van der Waals surface area contributed by atoms with E-state index in [1.807, 2.05) is 30.5 Å². The Hall–Kier alpha value is -3.32. The molecule has 0 bridgehead atoms. The number of benzene rings is 2. The van der Waals surface area contributed by atoms with Crippen molar-refractivity contribution in [1.82, 2.24) is 4.98 Å². The molecule has 1 aliphatic heterocycles. The van der Waals surface area contributed by atoms with Crippen molar-refractivity contribution in [1.29, 1.82) is 0 Å². The zero-order valence-corrected chi connectivity index (χ0v) is 14.7. The van der Waals surface area contributed by atoms with Crippen LogP contribution in [-0.4, -0.2) is 36.1 Å². The van der Waals surface area contributed by atoms with Crippen molar-refractivity contribution in [3.05, 3.63) is 54.2 Å². The van der Waals surface area contributed by atoms with Gasteiger partial charge in [0.15, 0.2) is 0 Å². The number of hydrogen-bond donors (Lipinski definition) is 3. The average Bonchev–Trinajstić information content (AvgIpc) is 3.34. The van der Waals surface area contributed by atoms with E-state index in [1.165, 1.54) is 6.92 Å². The van der Waals surface area contributed by atoms with Gasteiger partial charge in [0, 0.05) is 29.7 Å². The van der Waals surface area contributed by atoms with Gasteiger partial charge in [0.05, 0.1) is 17.9 Å². The number of ether oxygens (including phenoxy) is 2. The number of carbonyl (C=O) groups is 2. The van der Waals surface area contributed by atoms with Gasteiger partial charge in [-0.3, -0.25) is 9.59 Å². The summed E-state index contributed by atoms with van der Waals surface area (Å²) in [4.78, 5) is 27.4. The van der Waals surface area contributed by atoms with Gasteiger partial charge in [0.25, 0.3) is 5.91 Å². The van der Waals surface area contributed by atoms with E-state index >= 15 is 0 Å². The van der Waals surface area contributed by atoms with Crippen molar-refractivity contribution in [2.75, 3.05) is 23.8 Å². The van der Waals surface area contributed by atoms with Gasteiger partial charge in [0.1, 0.15) is 18.5 Å². The standard InChI is InChI=1S/C20H19N3O4/c1-12(24)22-13-5-6-19(27-11-14-10-26-14)16(9-13)20(25)23-18-4-2-3-17-15(18)7-8-21-17/h2-9,14,21H,10-11H2,1H3,(H,22,24)(H,23,25). The first-order chi connectivity index (χ1) is 13.1. The summed E-state index contributed by atoms with van der Waals surface area (Å²) in [6, 6.07) is 12.5. The Morgan fingerprint density at radius 1 is 1.22 bits per heavy atom. The van der Waals surface area contributed by atoms with Crippen LogP contribution in [0.25, 0.3) is 10.9 Å². The van der Waals surface area contributed by atoms with Gasteiger partial charge in [0.2, 0.25) is 5.91 Å². The van der Waals surface area contributed by atoms with Gasteiger partial charge in [-0.25, -0.2) is 0 Å². The Morgan fingerprint density at radius 3 is 2.85 bits per heavy atom. The van der Waals surface area contributed by atoms with Gasteiger partial charge in [-0.15, -0.1) is 0 Å². The van der Waals surface area contributed by atoms with Gasteiger partial charge < -0.3 is 25.1 Å². The van der Waals surface area contributed by atoms with Crippen LogP contribution in [0.5, 0.6) is 5.75 Å². The van der Waals surface area contributed by atoms with Gasteiger partial charge >= 0.3 is 0 Å². The maximum atomic E-state index is 13.0. The lowest BCUT2D eigenvalue weighted by Gasteiger charge is -2.13. The van der Waals surface area contributed by atoms with E-state index in [9.17, 15) is 9.59 Å². The zero-order valence-electron chi connectivity index (χ0n) is 14.7. The number of epoxide rings is 1.